The Morgan fingerprint density at radius 3 is 2.48 bits per heavy atom. The summed E-state index contributed by atoms with van der Waals surface area (Å²) in [5.41, 5.74) is 0.697. The molecular weight excluding hydrogens is 358 g/mol. The maximum absolute atomic E-state index is 12.6. The maximum atomic E-state index is 12.6. The minimum atomic E-state index is -3.77. The number of aromatic nitrogens is 2. The Morgan fingerprint density at radius 1 is 1.17 bits per heavy atom. The first-order chi connectivity index (χ1) is 11.0. The van der Waals surface area contributed by atoms with Crippen LogP contribution in [-0.2, 0) is 10.0 Å². The quantitative estimate of drug-likeness (QED) is 0.746. The molecule has 3 aromatic rings. The molecule has 0 spiro atoms. The van der Waals surface area contributed by atoms with Crippen molar-refractivity contribution in [2.75, 3.05) is 0 Å². The van der Waals surface area contributed by atoms with E-state index in [2.05, 4.69) is 14.9 Å². The lowest BCUT2D eigenvalue weighted by Gasteiger charge is -2.15. The third-order valence-corrected chi connectivity index (χ3v) is 6.15. The molecular formula is C14H12ClN3O3S2. The summed E-state index contributed by atoms with van der Waals surface area (Å²) in [5, 5.41) is 7.71. The third kappa shape index (κ3) is 3.61. The van der Waals surface area contributed by atoms with Gasteiger partial charge in [-0.05, 0) is 17.7 Å². The van der Waals surface area contributed by atoms with Crippen molar-refractivity contribution in [3.05, 3.63) is 64.1 Å². The molecule has 0 bridgehead atoms. The van der Waals surface area contributed by atoms with Crippen molar-refractivity contribution in [3.8, 4) is 0 Å². The van der Waals surface area contributed by atoms with E-state index in [0.29, 0.717) is 15.8 Å². The van der Waals surface area contributed by atoms with Gasteiger partial charge in [-0.1, -0.05) is 41.9 Å². The molecule has 0 amide bonds. The minimum Gasteiger partial charge on any atom is -0.423 e. The summed E-state index contributed by atoms with van der Waals surface area (Å²) in [5.74, 6) is 0.541. The molecule has 1 aromatic carbocycles. The Hall–Kier alpha value is -1.74. The smallest absolute Gasteiger partial charge is 0.251 e. The summed E-state index contributed by atoms with van der Waals surface area (Å²) < 4.78 is 33.7. The van der Waals surface area contributed by atoms with Gasteiger partial charge >= 0.3 is 0 Å². The summed E-state index contributed by atoms with van der Waals surface area (Å²) in [6.45, 7) is 1.64. The fourth-order valence-corrected chi connectivity index (χ4v) is 4.67. The van der Waals surface area contributed by atoms with Crippen LogP contribution >= 0.6 is 22.9 Å². The summed E-state index contributed by atoms with van der Waals surface area (Å²) in [4.78, 5) is 0. The Labute approximate surface area is 142 Å². The largest absolute Gasteiger partial charge is 0.423 e. The van der Waals surface area contributed by atoms with Crippen LogP contribution in [0.2, 0.25) is 4.34 Å². The molecule has 0 aliphatic carbocycles. The molecule has 1 unspecified atom stereocenters. The topological polar surface area (TPSA) is 85.1 Å². The number of hydrogen-bond donors (Lipinski definition) is 1. The van der Waals surface area contributed by atoms with Crippen LogP contribution < -0.4 is 4.72 Å². The average molecular weight is 370 g/mol. The predicted octanol–water partition coefficient (Wildman–Crippen LogP) is 3.16. The van der Waals surface area contributed by atoms with E-state index in [-0.39, 0.29) is 10.1 Å². The highest BCUT2D eigenvalue weighted by Gasteiger charge is 2.27. The van der Waals surface area contributed by atoms with Crippen LogP contribution in [0.4, 0.5) is 0 Å². The van der Waals surface area contributed by atoms with Crippen LogP contribution in [-0.4, -0.2) is 18.6 Å². The molecule has 1 atom stereocenters. The Morgan fingerprint density at radius 2 is 1.91 bits per heavy atom. The molecule has 2 heterocycles. The van der Waals surface area contributed by atoms with Crippen molar-refractivity contribution >= 4 is 33.0 Å². The number of halogens is 1. The van der Waals surface area contributed by atoms with E-state index < -0.39 is 16.1 Å². The zero-order chi connectivity index (χ0) is 16.4. The lowest BCUT2D eigenvalue weighted by molar-refractivity contribution is 0.437. The molecule has 9 heteroatoms. The van der Waals surface area contributed by atoms with Crippen LogP contribution in [0.1, 0.15) is 23.4 Å². The first-order valence-electron chi connectivity index (χ1n) is 6.58. The average Bonchev–Trinajstić information content (AvgIpc) is 3.15. The maximum Gasteiger partial charge on any atom is 0.251 e. The molecule has 2 aromatic heterocycles. The highest BCUT2D eigenvalue weighted by atomic mass is 35.5. The molecule has 3 rings (SSSR count). The molecule has 0 aliphatic rings. The van der Waals surface area contributed by atoms with Gasteiger partial charge in [0.2, 0.25) is 11.8 Å². The summed E-state index contributed by atoms with van der Waals surface area (Å²) in [6.07, 6.45) is 0. The summed E-state index contributed by atoms with van der Waals surface area (Å²) in [6, 6.07) is 11.2. The van der Waals surface area contributed by atoms with Crippen molar-refractivity contribution in [2.45, 2.75) is 17.2 Å². The fraction of sp³-hybridized carbons (Fsp3) is 0.143. The van der Waals surface area contributed by atoms with E-state index in [1.165, 1.54) is 12.1 Å². The van der Waals surface area contributed by atoms with Crippen LogP contribution in [0.25, 0.3) is 0 Å². The van der Waals surface area contributed by atoms with Crippen molar-refractivity contribution in [1.29, 1.82) is 0 Å². The van der Waals surface area contributed by atoms with Gasteiger partial charge in [0.15, 0.2) is 0 Å². The molecule has 0 radical (unpaired) electrons. The van der Waals surface area contributed by atoms with Gasteiger partial charge in [0, 0.05) is 6.92 Å². The number of sulfonamides is 1. The Kier molecular flexibility index (Phi) is 4.49. The number of hydrogen-bond acceptors (Lipinski definition) is 6. The first kappa shape index (κ1) is 16.1. The monoisotopic (exact) mass is 369 g/mol. The zero-order valence-corrected chi connectivity index (χ0v) is 14.3. The van der Waals surface area contributed by atoms with Gasteiger partial charge < -0.3 is 4.42 Å². The normalized spacial score (nSPS) is 13.1. The van der Waals surface area contributed by atoms with E-state index in [0.717, 1.165) is 11.3 Å². The van der Waals surface area contributed by atoms with Gasteiger partial charge in [0.05, 0.1) is 4.34 Å². The second-order valence-corrected chi connectivity index (χ2v) is 8.34. The van der Waals surface area contributed by atoms with E-state index in [9.17, 15) is 8.42 Å². The number of nitrogens with one attached hydrogen (secondary N) is 1. The molecule has 1 N–H and O–H groups in total. The second-order valence-electron chi connectivity index (χ2n) is 4.68. The number of aryl methyl sites for hydroxylation is 1. The highest BCUT2D eigenvalue weighted by Crippen LogP contribution is 2.28. The Bertz CT molecular complexity index is 906. The molecule has 6 nitrogen and oxygen atoms in total. The number of thiophene rings is 1. The number of nitrogens with zero attached hydrogens (tertiary/aromatic N) is 2. The van der Waals surface area contributed by atoms with E-state index in [1.807, 2.05) is 18.2 Å². The SMILES string of the molecule is Cc1nnc(C(NS(=O)(=O)c2ccc(Cl)s2)c2ccccc2)o1. The molecule has 0 saturated heterocycles. The number of benzene rings is 1. The van der Waals surface area contributed by atoms with Crippen molar-refractivity contribution < 1.29 is 12.8 Å². The van der Waals surface area contributed by atoms with Gasteiger partial charge in [0.1, 0.15) is 10.3 Å². The minimum absolute atomic E-state index is 0.125. The molecule has 120 valence electrons. The third-order valence-electron chi connectivity index (χ3n) is 3.01. The van der Waals surface area contributed by atoms with Crippen molar-refractivity contribution in [2.24, 2.45) is 0 Å². The Balaban J connectivity index is 1.99. The highest BCUT2D eigenvalue weighted by molar-refractivity contribution is 7.91. The fourth-order valence-electron chi connectivity index (χ4n) is 1.99. The van der Waals surface area contributed by atoms with E-state index in [1.54, 1.807) is 19.1 Å². The molecule has 0 fully saturated rings. The number of rotatable bonds is 5. The van der Waals surface area contributed by atoms with Gasteiger partial charge in [-0.15, -0.1) is 21.5 Å². The molecule has 0 aliphatic heterocycles. The van der Waals surface area contributed by atoms with E-state index in [4.69, 9.17) is 16.0 Å². The first-order valence-corrected chi connectivity index (χ1v) is 9.26. The van der Waals surface area contributed by atoms with Gasteiger partial charge in [-0.25, -0.2) is 8.42 Å². The summed E-state index contributed by atoms with van der Waals surface area (Å²) in [7, 11) is -3.77. The van der Waals surface area contributed by atoms with Crippen LogP contribution in [0, 0.1) is 6.92 Å². The van der Waals surface area contributed by atoms with Crippen molar-refractivity contribution in [1.82, 2.24) is 14.9 Å². The predicted molar refractivity (Wildman–Crippen MR) is 87.0 cm³/mol. The lowest BCUT2D eigenvalue weighted by atomic mass is 10.1. The zero-order valence-electron chi connectivity index (χ0n) is 11.9. The lowest BCUT2D eigenvalue weighted by Crippen LogP contribution is -2.29. The van der Waals surface area contributed by atoms with Crippen LogP contribution in [0.3, 0.4) is 0 Å². The summed E-state index contributed by atoms with van der Waals surface area (Å²) >= 11 is 6.81. The van der Waals surface area contributed by atoms with Gasteiger partial charge in [-0.3, -0.25) is 0 Å². The van der Waals surface area contributed by atoms with E-state index >= 15 is 0 Å². The van der Waals surface area contributed by atoms with Crippen LogP contribution in [0.5, 0.6) is 0 Å². The van der Waals surface area contributed by atoms with Gasteiger partial charge in [-0.2, -0.15) is 4.72 Å². The van der Waals surface area contributed by atoms with Crippen molar-refractivity contribution in [3.63, 3.8) is 0 Å². The molecule has 0 saturated carbocycles. The van der Waals surface area contributed by atoms with Crippen LogP contribution in [0.15, 0.2) is 51.1 Å². The molecule has 23 heavy (non-hydrogen) atoms. The second kappa shape index (κ2) is 6.40. The standard InChI is InChI=1S/C14H12ClN3O3S2/c1-9-16-17-14(21-9)13(10-5-3-2-4-6-10)18-23(19,20)12-8-7-11(15)22-12/h2-8,13,18H,1H3. The van der Waals surface area contributed by atoms with Gasteiger partial charge in [0.25, 0.3) is 10.0 Å².